The number of para-hydroxylation sites is 1. The maximum absolute atomic E-state index is 12.8. The number of aryl methyl sites for hydroxylation is 2. The second kappa shape index (κ2) is 7.72. The van der Waals surface area contributed by atoms with E-state index in [0.29, 0.717) is 12.1 Å². The normalized spacial score (nSPS) is 16.5. The number of nitrogens with one attached hydrogen (secondary N) is 1. The van der Waals surface area contributed by atoms with Gasteiger partial charge in [0.25, 0.3) is 5.91 Å². The van der Waals surface area contributed by atoms with Gasteiger partial charge in [0.1, 0.15) is 5.01 Å². The number of hydrogen-bond donors (Lipinski definition) is 1. The van der Waals surface area contributed by atoms with E-state index in [0.717, 1.165) is 39.2 Å². The lowest BCUT2D eigenvalue weighted by atomic mass is 10.1. The van der Waals surface area contributed by atoms with Gasteiger partial charge in [-0.25, -0.2) is 4.98 Å². The highest BCUT2D eigenvalue weighted by molar-refractivity contribution is 7.18. The Labute approximate surface area is 168 Å². The predicted octanol–water partition coefficient (Wildman–Crippen LogP) is 4.01. The van der Waals surface area contributed by atoms with E-state index in [1.165, 1.54) is 0 Å². The zero-order valence-corrected chi connectivity index (χ0v) is 16.9. The fourth-order valence-electron chi connectivity index (χ4n) is 3.82. The average Bonchev–Trinajstić information content (AvgIpc) is 3.31. The van der Waals surface area contributed by atoms with Gasteiger partial charge in [-0.05, 0) is 51.0 Å². The molecule has 1 N–H and O–H groups in total. The largest absolute Gasteiger partial charge is 0.343 e. The molecule has 28 heavy (non-hydrogen) atoms. The number of aromatic nitrogens is 1. The standard InChI is InChI=1S/C22H23N3O2S/c1-14-10-15(2)12-16(11-14)21(27)23-13-20(26)25-9-5-7-18(25)22-24-17-6-3-4-8-19(17)28-22/h3-4,6,8,10-12,18H,5,7,9,13H2,1-2H3,(H,23,27)/t18-/m0/s1. The number of rotatable bonds is 4. The van der Waals surface area contributed by atoms with Crippen LogP contribution in [-0.4, -0.2) is 34.8 Å². The van der Waals surface area contributed by atoms with Gasteiger partial charge in [-0.1, -0.05) is 29.3 Å². The van der Waals surface area contributed by atoms with Crippen LogP contribution in [0.1, 0.15) is 45.4 Å². The lowest BCUT2D eigenvalue weighted by Crippen LogP contribution is -2.39. The van der Waals surface area contributed by atoms with E-state index in [9.17, 15) is 9.59 Å². The van der Waals surface area contributed by atoms with Crippen molar-refractivity contribution in [1.29, 1.82) is 0 Å². The Morgan fingerprint density at radius 1 is 1.18 bits per heavy atom. The van der Waals surface area contributed by atoms with Crippen LogP contribution in [0, 0.1) is 13.8 Å². The van der Waals surface area contributed by atoms with Crippen molar-refractivity contribution in [2.75, 3.05) is 13.1 Å². The minimum Gasteiger partial charge on any atom is -0.343 e. The summed E-state index contributed by atoms with van der Waals surface area (Å²) in [4.78, 5) is 31.8. The zero-order chi connectivity index (χ0) is 19.7. The smallest absolute Gasteiger partial charge is 0.251 e. The van der Waals surface area contributed by atoms with Gasteiger partial charge in [-0.15, -0.1) is 11.3 Å². The third-order valence-corrected chi connectivity index (χ3v) is 6.19. The van der Waals surface area contributed by atoms with Crippen molar-refractivity contribution < 1.29 is 9.59 Å². The number of hydrogen-bond acceptors (Lipinski definition) is 4. The minimum atomic E-state index is -0.212. The fraction of sp³-hybridized carbons (Fsp3) is 0.318. The lowest BCUT2D eigenvalue weighted by Gasteiger charge is -2.23. The van der Waals surface area contributed by atoms with Gasteiger partial charge in [-0.3, -0.25) is 9.59 Å². The van der Waals surface area contributed by atoms with Gasteiger partial charge in [0.2, 0.25) is 5.91 Å². The number of fused-ring (bicyclic) bond motifs is 1. The van der Waals surface area contributed by atoms with Crippen molar-refractivity contribution >= 4 is 33.4 Å². The van der Waals surface area contributed by atoms with E-state index in [1.54, 1.807) is 11.3 Å². The van der Waals surface area contributed by atoms with Crippen molar-refractivity contribution in [2.45, 2.75) is 32.7 Å². The molecule has 1 aliphatic rings. The predicted molar refractivity (Wildman–Crippen MR) is 112 cm³/mol. The Morgan fingerprint density at radius 2 is 1.93 bits per heavy atom. The van der Waals surface area contributed by atoms with Crippen LogP contribution in [0.4, 0.5) is 0 Å². The molecule has 0 saturated carbocycles. The molecule has 0 radical (unpaired) electrons. The highest BCUT2D eigenvalue weighted by atomic mass is 32.1. The van der Waals surface area contributed by atoms with Gasteiger partial charge in [-0.2, -0.15) is 0 Å². The van der Waals surface area contributed by atoms with Crippen LogP contribution in [-0.2, 0) is 4.79 Å². The monoisotopic (exact) mass is 393 g/mol. The third kappa shape index (κ3) is 3.78. The van der Waals surface area contributed by atoms with Crippen molar-refractivity contribution in [3.05, 3.63) is 64.2 Å². The van der Waals surface area contributed by atoms with Crippen molar-refractivity contribution in [2.24, 2.45) is 0 Å². The summed E-state index contributed by atoms with van der Waals surface area (Å²) >= 11 is 1.65. The van der Waals surface area contributed by atoms with Crippen LogP contribution in [0.5, 0.6) is 0 Å². The molecular weight excluding hydrogens is 370 g/mol. The minimum absolute atomic E-state index is 0.00279. The van der Waals surface area contributed by atoms with E-state index in [1.807, 2.05) is 55.1 Å². The first-order valence-electron chi connectivity index (χ1n) is 9.53. The number of benzene rings is 2. The van der Waals surface area contributed by atoms with Crippen molar-refractivity contribution in [1.82, 2.24) is 15.2 Å². The molecule has 0 aliphatic carbocycles. The van der Waals surface area contributed by atoms with Crippen LogP contribution in [0.3, 0.4) is 0 Å². The Hall–Kier alpha value is -2.73. The number of nitrogens with zero attached hydrogens (tertiary/aromatic N) is 2. The maximum Gasteiger partial charge on any atom is 0.251 e. The molecule has 144 valence electrons. The number of thiazole rings is 1. The fourth-order valence-corrected chi connectivity index (χ4v) is 4.94. The van der Waals surface area contributed by atoms with Gasteiger partial charge >= 0.3 is 0 Å². The van der Waals surface area contributed by atoms with Gasteiger partial charge in [0.05, 0.1) is 22.8 Å². The van der Waals surface area contributed by atoms with E-state index < -0.39 is 0 Å². The lowest BCUT2D eigenvalue weighted by molar-refractivity contribution is -0.131. The first-order chi connectivity index (χ1) is 13.5. The van der Waals surface area contributed by atoms with Gasteiger partial charge in [0, 0.05) is 12.1 Å². The molecule has 4 rings (SSSR count). The van der Waals surface area contributed by atoms with E-state index in [-0.39, 0.29) is 24.4 Å². The molecule has 5 nitrogen and oxygen atoms in total. The summed E-state index contributed by atoms with van der Waals surface area (Å²) in [5.41, 5.74) is 3.64. The summed E-state index contributed by atoms with van der Waals surface area (Å²) in [6.45, 7) is 4.63. The molecule has 3 aromatic rings. The summed E-state index contributed by atoms with van der Waals surface area (Å²) in [6, 6.07) is 13.7. The molecular formula is C22H23N3O2S. The number of carbonyl (C=O) groups is 2. The van der Waals surface area contributed by atoms with E-state index in [4.69, 9.17) is 4.98 Å². The third-order valence-electron chi connectivity index (χ3n) is 5.05. The van der Waals surface area contributed by atoms with Crippen molar-refractivity contribution in [3.63, 3.8) is 0 Å². The first kappa shape index (κ1) is 18.6. The molecule has 6 heteroatoms. The Morgan fingerprint density at radius 3 is 2.68 bits per heavy atom. The van der Waals surface area contributed by atoms with Crippen molar-refractivity contribution in [3.8, 4) is 0 Å². The van der Waals surface area contributed by atoms with Crippen LogP contribution in [0.2, 0.25) is 0 Å². The second-order valence-electron chi connectivity index (χ2n) is 7.32. The molecule has 1 fully saturated rings. The number of carbonyl (C=O) groups excluding carboxylic acids is 2. The van der Waals surface area contributed by atoms with Gasteiger partial charge < -0.3 is 10.2 Å². The molecule has 1 saturated heterocycles. The second-order valence-corrected chi connectivity index (χ2v) is 8.39. The Kier molecular flexibility index (Phi) is 5.13. The molecule has 2 amide bonds. The SMILES string of the molecule is Cc1cc(C)cc(C(=O)NCC(=O)N2CCC[C@H]2c2nc3ccccc3s2)c1. The zero-order valence-electron chi connectivity index (χ0n) is 16.1. The first-order valence-corrected chi connectivity index (χ1v) is 10.3. The van der Waals surface area contributed by atoms with Crippen LogP contribution >= 0.6 is 11.3 Å². The summed E-state index contributed by atoms with van der Waals surface area (Å²) in [6.07, 6.45) is 1.87. The summed E-state index contributed by atoms with van der Waals surface area (Å²) in [5, 5.41) is 3.76. The Balaban J connectivity index is 1.44. The molecule has 1 aliphatic heterocycles. The number of likely N-dealkylation sites (tertiary alicyclic amines) is 1. The van der Waals surface area contributed by atoms with Crippen LogP contribution in [0.15, 0.2) is 42.5 Å². The molecule has 1 aromatic heterocycles. The highest BCUT2D eigenvalue weighted by Crippen LogP contribution is 2.36. The number of amides is 2. The molecule has 2 heterocycles. The molecule has 0 spiro atoms. The summed E-state index contributed by atoms with van der Waals surface area (Å²) in [7, 11) is 0. The maximum atomic E-state index is 12.8. The van der Waals surface area contributed by atoms with Gasteiger partial charge in [0.15, 0.2) is 0 Å². The molecule has 1 atom stereocenters. The van der Waals surface area contributed by atoms with E-state index in [2.05, 4.69) is 11.4 Å². The average molecular weight is 394 g/mol. The summed E-state index contributed by atoms with van der Waals surface area (Å²) < 4.78 is 1.14. The molecule has 0 bridgehead atoms. The Bertz CT molecular complexity index is 990. The topological polar surface area (TPSA) is 62.3 Å². The quantitative estimate of drug-likeness (QED) is 0.729. The molecule has 0 unspecified atom stereocenters. The van der Waals surface area contributed by atoms with E-state index >= 15 is 0 Å². The highest BCUT2D eigenvalue weighted by Gasteiger charge is 2.32. The van der Waals surface area contributed by atoms with Crippen LogP contribution in [0.25, 0.3) is 10.2 Å². The van der Waals surface area contributed by atoms with Crippen LogP contribution < -0.4 is 5.32 Å². The summed E-state index contributed by atoms with van der Waals surface area (Å²) in [5.74, 6) is -0.268. The molecule has 2 aromatic carbocycles.